The third-order valence-corrected chi connectivity index (χ3v) is 3.54. The Morgan fingerprint density at radius 1 is 1.39 bits per heavy atom. The molecule has 4 nitrogen and oxygen atoms in total. The molecule has 2 rings (SSSR count). The van der Waals surface area contributed by atoms with E-state index in [1.165, 1.54) is 32.8 Å². The molecule has 0 atom stereocenters. The number of aromatic nitrogens is 1. The minimum atomic E-state index is -0.393. The van der Waals surface area contributed by atoms with Gasteiger partial charge < -0.3 is 10.1 Å². The highest BCUT2D eigenvalue weighted by molar-refractivity contribution is 5.88. The minimum Gasteiger partial charge on any atom is -0.464 e. The average molecular weight is 248 g/mol. The second kappa shape index (κ2) is 5.85. The summed E-state index contributed by atoms with van der Waals surface area (Å²) in [5.41, 5.74) is 1.30. The van der Waals surface area contributed by atoms with Gasteiger partial charge in [0.25, 0.3) is 0 Å². The fraction of sp³-hybridized carbons (Fsp3) is 0.571. The van der Waals surface area contributed by atoms with E-state index in [0.717, 1.165) is 11.6 Å². The summed E-state index contributed by atoms with van der Waals surface area (Å²) in [6, 6.07) is 4.16. The van der Waals surface area contributed by atoms with Gasteiger partial charge in [-0.05, 0) is 43.7 Å². The number of nitrogens with one attached hydrogen (secondary N) is 1. The maximum atomic E-state index is 11.4. The van der Waals surface area contributed by atoms with Crippen molar-refractivity contribution in [1.82, 2.24) is 4.98 Å². The van der Waals surface area contributed by atoms with E-state index in [4.69, 9.17) is 0 Å². The second-order valence-electron chi connectivity index (χ2n) is 5.02. The molecule has 1 fully saturated rings. The highest BCUT2D eigenvalue weighted by Crippen LogP contribution is 2.26. The standard InChI is InChI=1S/C14H20N2O2/c1-10-3-5-11(6-4-10)16-12-7-8-15-13(9-12)14(17)18-2/h7-11H,3-6H2,1-2H3,(H,15,16). The molecule has 1 heterocycles. The molecular formula is C14H20N2O2. The first-order valence-electron chi connectivity index (χ1n) is 6.50. The first-order chi connectivity index (χ1) is 8.69. The molecule has 0 amide bonds. The number of nitrogens with zero attached hydrogens (tertiary/aromatic N) is 1. The normalized spacial score (nSPS) is 23.4. The number of hydrogen-bond donors (Lipinski definition) is 1. The SMILES string of the molecule is COC(=O)c1cc(NC2CCC(C)CC2)ccn1. The summed E-state index contributed by atoms with van der Waals surface area (Å²) in [7, 11) is 1.37. The van der Waals surface area contributed by atoms with Crippen molar-refractivity contribution in [3.63, 3.8) is 0 Å². The average Bonchev–Trinajstić information content (AvgIpc) is 2.41. The summed E-state index contributed by atoms with van der Waals surface area (Å²) >= 11 is 0. The molecule has 0 bridgehead atoms. The summed E-state index contributed by atoms with van der Waals surface area (Å²) < 4.78 is 4.67. The lowest BCUT2D eigenvalue weighted by Crippen LogP contribution is -2.25. The number of hydrogen-bond acceptors (Lipinski definition) is 4. The smallest absolute Gasteiger partial charge is 0.356 e. The van der Waals surface area contributed by atoms with E-state index in [1.54, 1.807) is 12.3 Å². The largest absolute Gasteiger partial charge is 0.464 e. The maximum absolute atomic E-state index is 11.4. The lowest BCUT2D eigenvalue weighted by Gasteiger charge is -2.27. The van der Waals surface area contributed by atoms with Crippen LogP contribution >= 0.6 is 0 Å². The van der Waals surface area contributed by atoms with E-state index in [0.29, 0.717) is 11.7 Å². The quantitative estimate of drug-likeness (QED) is 0.836. The molecular weight excluding hydrogens is 228 g/mol. The van der Waals surface area contributed by atoms with Crippen molar-refractivity contribution < 1.29 is 9.53 Å². The van der Waals surface area contributed by atoms with Gasteiger partial charge in [-0.25, -0.2) is 9.78 Å². The third-order valence-electron chi connectivity index (χ3n) is 3.54. The molecule has 1 aliphatic carbocycles. The highest BCUT2D eigenvalue weighted by Gasteiger charge is 2.18. The van der Waals surface area contributed by atoms with Gasteiger partial charge in [-0.15, -0.1) is 0 Å². The predicted octanol–water partition coefficient (Wildman–Crippen LogP) is 2.86. The topological polar surface area (TPSA) is 51.2 Å². The Kier molecular flexibility index (Phi) is 4.18. The minimum absolute atomic E-state index is 0.353. The molecule has 1 aromatic rings. The zero-order chi connectivity index (χ0) is 13.0. The number of methoxy groups -OCH3 is 1. The Balaban J connectivity index is 1.99. The van der Waals surface area contributed by atoms with E-state index < -0.39 is 5.97 Å². The Hall–Kier alpha value is -1.58. The van der Waals surface area contributed by atoms with Gasteiger partial charge in [-0.1, -0.05) is 6.92 Å². The van der Waals surface area contributed by atoms with Gasteiger partial charge in [0.15, 0.2) is 0 Å². The zero-order valence-electron chi connectivity index (χ0n) is 11.0. The van der Waals surface area contributed by atoms with Crippen LogP contribution in [0.3, 0.4) is 0 Å². The van der Waals surface area contributed by atoms with Crippen LogP contribution in [0.4, 0.5) is 5.69 Å². The summed E-state index contributed by atoms with van der Waals surface area (Å²) in [5, 5.41) is 3.47. The number of carbonyl (C=O) groups is 1. The Bertz CT molecular complexity index is 412. The van der Waals surface area contributed by atoms with E-state index in [2.05, 4.69) is 22.0 Å². The number of ether oxygens (including phenoxy) is 1. The lowest BCUT2D eigenvalue weighted by molar-refractivity contribution is 0.0594. The Morgan fingerprint density at radius 3 is 2.78 bits per heavy atom. The third kappa shape index (κ3) is 3.22. The monoisotopic (exact) mass is 248 g/mol. The van der Waals surface area contributed by atoms with Crippen molar-refractivity contribution in [1.29, 1.82) is 0 Å². The number of anilines is 1. The molecule has 1 aliphatic rings. The molecule has 98 valence electrons. The van der Waals surface area contributed by atoms with Gasteiger partial charge in [0.1, 0.15) is 5.69 Å². The van der Waals surface area contributed by atoms with Gasteiger partial charge in [0.05, 0.1) is 7.11 Å². The summed E-state index contributed by atoms with van der Waals surface area (Å²) in [4.78, 5) is 15.4. The van der Waals surface area contributed by atoms with Crippen LogP contribution in [0.15, 0.2) is 18.3 Å². The molecule has 1 aromatic heterocycles. The van der Waals surface area contributed by atoms with Crippen molar-refractivity contribution in [2.75, 3.05) is 12.4 Å². The van der Waals surface area contributed by atoms with Gasteiger partial charge in [0, 0.05) is 17.9 Å². The Labute approximate surface area is 108 Å². The van der Waals surface area contributed by atoms with Gasteiger partial charge in [-0.2, -0.15) is 0 Å². The van der Waals surface area contributed by atoms with Gasteiger partial charge >= 0.3 is 5.97 Å². The first kappa shape index (κ1) is 12.9. The van der Waals surface area contributed by atoms with Crippen molar-refractivity contribution in [3.05, 3.63) is 24.0 Å². The van der Waals surface area contributed by atoms with Crippen LogP contribution in [0, 0.1) is 5.92 Å². The molecule has 1 N–H and O–H groups in total. The van der Waals surface area contributed by atoms with Crippen LogP contribution in [0.25, 0.3) is 0 Å². The van der Waals surface area contributed by atoms with Crippen LogP contribution in [-0.4, -0.2) is 24.1 Å². The molecule has 0 saturated heterocycles. The molecule has 0 aliphatic heterocycles. The molecule has 0 spiro atoms. The van der Waals surface area contributed by atoms with Crippen molar-refractivity contribution in [2.45, 2.75) is 38.6 Å². The van der Waals surface area contributed by atoms with Crippen molar-refractivity contribution >= 4 is 11.7 Å². The molecule has 1 saturated carbocycles. The molecule has 0 unspecified atom stereocenters. The number of rotatable bonds is 3. The fourth-order valence-corrected chi connectivity index (χ4v) is 2.38. The number of esters is 1. The van der Waals surface area contributed by atoms with Crippen LogP contribution in [0.5, 0.6) is 0 Å². The van der Waals surface area contributed by atoms with Gasteiger partial charge in [-0.3, -0.25) is 0 Å². The molecule has 4 heteroatoms. The lowest BCUT2D eigenvalue weighted by atomic mass is 9.87. The highest BCUT2D eigenvalue weighted by atomic mass is 16.5. The number of pyridine rings is 1. The fourth-order valence-electron chi connectivity index (χ4n) is 2.38. The van der Waals surface area contributed by atoms with Crippen LogP contribution in [0.2, 0.25) is 0 Å². The molecule has 18 heavy (non-hydrogen) atoms. The first-order valence-corrected chi connectivity index (χ1v) is 6.50. The predicted molar refractivity (Wildman–Crippen MR) is 70.6 cm³/mol. The number of carbonyl (C=O) groups excluding carboxylic acids is 1. The van der Waals surface area contributed by atoms with E-state index >= 15 is 0 Å². The summed E-state index contributed by atoms with van der Waals surface area (Å²) in [6.07, 6.45) is 6.56. The molecule has 0 aromatic carbocycles. The molecule has 0 radical (unpaired) electrons. The summed E-state index contributed by atoms with van der Waals surface area (Å²) in [6.45, 7) is 2.30. The van der Waals surface area contributed by atoms with Crippen molar-refractivity contribution in [3.8, 4) is 0 Å². The maximum Gasteiger partial charge on any atom is 0.356 e. The van der Waals surface area contributed by atoms with Crippen LogP contribution in [0.1, 0.15) is 43.1 Å². The summed E-state index contributed by atoms with van der Waals surface area (Å²) in [5.74, 6) is 0.446. The van der Waals surface area contributed by atoms with Crippen LogP contribution in [-0.2, 0) is 4.74 Å². The second-order valence-corrected chi connectivity index (χ2v) is 5.02. The zero-order valence-corrected chi connectivity index (χ0v) is 11.0. The van der Waals surface area contributed by atoms with Crippen LogP contribution < -0.4 is 5.32 Å². The van der Waals surface area contributed by atoms with E-state index in [9.17, 15) is 4.79 Å². The van der Waals surface area contributed by atoms with E-state index in [-0.39, 0.29) is 0 Å². The Morgan fingerprint density at radius 2 is 2.11 bits per heavy atom. The van der Waals surface area contributed by atoms with Gasteiger partial charge in [0.2, 0.25) is 0 Å². The van der Waals surface area contributed by atoms with Crippen molar-refractivity contribution in [2.24, 2.45) is 5.92 Å². The van der Waals surface area contributed by atoms with E-state index in [1.807, 2.05) is 6.07 Å².